The molecule has 6 nitrogen and oxygen atoms in total. The third-order valence-electron chi connectivity index (χ3n) is 11.5. The normalized spacial score (nSPS) is 31.5. The van der Waals surface area contributed by atoms with Crippen LogP contribution in [0.3, 0.4) is 0 Å². The van der Waals surface area contributed by atoms with E-state index in [4.69, 9.17) is 0 Å². The van der Waals surface area contributed by atoms with Crippen molar-refractivity contribution in [2.75, 3.05) is 0 Å². The van der Waals surface area contributed by atoms with Crippen LogP contribution < -0.4 is 0 Å². The molecule has 3 saturated heterocycles. The molecule has 0 saturated carbocycles. The molecule has 0 bridgehead atoms. The molecule has 2 aromatic rings. The van der Waals surface area contributed by atoms with E-state index in [0.717, 1.165) is 30.4 Å². The van der Waals surface area contributed by atoms with Gasteiger partial charge in [-0.15, -0.1) is 0 Å². The van der Waals surface area contributed by atoms with E-state index in [1.54, 1.807) is 10.1 Å². The lowest BCUT2D eigenvalue weighted by molar-refractivity contribution is -0.194. The molecule has 232 valence electrons. The van der Waals surface area contributed by atoms with E-state index < -0.39 is 11.1 Å². The van der Waals surface area contributed by atoms with E-state index in [2.05, 4.69) is 126 Å². The van der Waals surface area contributed by atoms with Gasteiger partial charge in [0.2, 0.25) is 0 Å². The Hall–Kier alpha value is -1.80. The summed E-state index contributed by atoms with van der Waals surface area (Å²) in [6.07, 6.45) is 2.59. The fraction of sp³-hybridized carbons (Fsp3) is 0.667. The highest BCUT2D eigenvalue weighted by Gasteiger charge is 2.56. The zero-order valence-corrected chi connectivity index (χ0v) is 28.1. The van der Waals surface area contributed by atoms with E-state index in [1.807, 2.05) is 0 Å². The summed E-state index contributed by atoms with van der Waals surface area (Å²) in [7, 11) is 0. The zero-order chi connectivity index (χ0) is 31.4. The SMILES string of the molecule is CC1(C)CC(c2ccc(-c3ccc(C4CC(C)(C)N(O)C4(C)C)c(C4CC(C)(C)N(O)C4(C)C)c3)cc2)C(C)(C)N1O. The first kappa shape index (κ1) is 31.6. The highest BCUT2D eigenvalue weighted by Crippen LogP contribution is 2.55. The van der Waals surface area contributed by atoms with E-state index >= 15 is 0 Å². The summed E-state index contributed by atoms with van der Waals surface area (Å²) < 4.78 is 0. The van der Waals surface area contributed by atoms with Gasteiger partial charge in [0.15, 0.2) is 0 Å². The second kappa shape index (κ2) is 9.60. The standard InChI is InChI=1S/C36H55N3O3/c1-31(2)20-28(34(7,8)37(31)40)24-15-13-23(14-16-24)25-17-18-26(29-21-32(3,4)38(41)35(29,9)10)27(19-25)30-22-33(5,6)39(42)36(30,11)12/h13-19,28-30,40-42H,20-22H2,1-12H3. The molecular formula is C36H55N3O3. The van der Waals surface area contributed by atoms with Crippen molar-refractivity contribution in [2.45, 2.75) is 153 Å². The topological polar surface area (TPSA) is 70.4 Å². The Kier molecular flexibility index (Phi) is 7.23. The molecule has 0 amide bonds. The Morgan fingerprint density at radius 2 is 0.833 bits per heavy atom. The van der Waals surface area contributed by atoms with Gasteiger partial charge in [0.1, 0.15) is 0 Å². The minimum Gasteiger partial charge on any atom is -0.313 e. The van der Waals surface area contributed by atoms with Gasteiger partial charge in [-0.1, -0.05) is 42.5 Å². The predicted molar refractivity (Wildman–Crippen MR) is 169 cm³/mol. The lowest BCUT2D eigenvalue weighted by Crippen LogP contribution is -2.47. The van der Waals surface area contributed by atoms with Gasteiger partial charge in [-0.25, -0.2) is 0 Å². The Labute approximate surface area is 254 Å². The minimum atomic E-state index is -0.449. The number of hydrogen-bond acceptors (Lipinski definition) is 6. The van der Waals surface area contributed by atoms with Gasteiger partial charge >= 0.3 is 0 Å². The van der Waals surface area contributed by atoms with Gasteiger partial charge in [0, 0.05) is 51.0 Å². The molecule has 3 atom stereocenters. The molecule has 3 fully saturated rings. The molecule has 3 heterocycles. The molecule has 0 radical (unpaired) electrons. The maximum Gasteiger partial charge on any atom is 0.0479 e. The number of hydrogen-bond donors (Lipinski definition) is 3. The number of rotatable bonds is 4. The molecular weight excluding hydrogens is 522 g/mol. The second-order valence-electron chi connectivity index (χ2n) is 17.1. The van der Waals surface area contributed by atoms with Crippen molar-refractivity contribution in [3.05, 3.63) is 59.2 Å². The monoisotopic (exact) mass is 577 g/mol. The summed E-state index contributed by atoms with van der Waals surface area (Å²) >= 11 is 0. The molecule has 3 unspecified atom stereocenters. The van der Waals surface area contributed by atoms with Gasteiger partial charge in [-0.2, -0.15) is 15.2 Å². The first-order valence-electron chi connectivity index (χ1n) is 15.8. The first-order valence-corrected chi connectivity index (χ1v) is 15.8. The molecule has 0 spiro atoms. The summed E-state index contributed by atoms with van der Waals surface area (Å²) in [6, 6.07) is 15.8. The summed E-state index contributed by atoms with van der Waals surface area (Å²) in [6.45, 7) is 25.5. The molecule has 0 aliphatic carbocycles. The molecule has 3 aliphatic heterocycles. The first-order chi connectivity index (χ1) is 19.0. The Bertz CT molecular complexity index is 1340. The van der Waals surface area contributed by atoms with Crippen LogP contribution in [0.1, 0.15) is 137 Å². The van der Waals surface area contributed by atoms with Crippen molar-refractivity contribution in [1.29, 1.82) is 0 Å². The maximum absolute atomic E-state index is 11.3. The van der Waals surface area contributed by atoms with Crippen molar-refractivity contribution >= 4 is 0 Å². The third-order valence-corrected chi connectivity index (χ3v) is 11.5. The van der Waals surface area contributed by atoms with Crippen LogP contribution in [0, 0.1) is 0 Å². The molecule has 5 rings (SSSR count). The predicted octanol–water partition coefficient (Wildman–Crippen LogP) is 8.56. The smallest absolute Gasteiger partial charge is 0.0479 e. The minimum absolute atomic E-state index is 0.121. The fourth-order valence-corrected chi connectivity index (χ4v) is 9.08. The number of benzene rings is 2. The summed E-state index contributed by atoms with van der Waals surface area (Å²) in [5.41, 5.74) is 3.93. The van der Waals surface area contributed by atoms with Gasteiger partial charge in [0.25, 0.3) is 0 Å². The molecule has 3 N–H and O–H groups in total. The van der Waals surface area contributed by atoms with Crippen LogP contribution in [0.2, 0.25) is 0 Å². The van der Waals surface area contributed by atoms with Crippen LogP contribution in [0.15, 0.2) is 42.5 Å². The Balaban J connectivity index is 1.58. The molecule has 3 aliphatic rings. The number of nitrogens with zero attached hydrogens (tertiary/aromatic N) is 3. The summed E-state index contributed by atoms with van der Waals surface area (Å²) in [5, 5.41) is 38.0. The quantitative estimate of drug-likeness (QED) is 0.338. The van der Waals surface area contributed by atoms with Gasteiger partial charge in [0.05, 0.1) is 0 Å². The van der Waals surface area contributed by atoms with Gasteiger partial charge in [-0.05, 0) is 130 Å². The van der Waals surface area contributed by atoms with Crippen molar-refractivity contribution in [1.82, 2.24) is 15.2 Å². The van der Waals surface area contributed by atoms with Gasteiger partial charge < -0.3 is 15.6 Å². The average molecular weight is 578 g/mol. The van der Waals surface area contributed by atoms with Gasteiger partial charge in [-0.3, -0.25) is 0 Å². The lowest BCUT2D eigenvalue weighted by atomic mass is 9.72. The highest BCUT2D eigenvalue weighted by atomic mass is 16.5. The van der Waals surface area contributed by atoms with Crippen LogP contribution >= 0.6 is 0 Å². The van der Waals surface area contributed by atoms with Crippen LogP contribution in [0.4, 0.5) is 0 Å². The van der Waals surface area contributed by atoms with E-state index in [1.165, 1.54) is 21.8 Å². The molecule has 6 heteroatoms. The Morgan fingerprint density at radius 3 is 1.21 bits per heavy atom. The van der Waals surface area contributed by atoms with Crippen LogP contribution in [-0.4, -0.2) is 64.0 Å². The highest BCUT2D eigenvalue weighted by molar-refractivity contribution is 5.66. The van der Waals surface area contributed by atoms with Crippen molar-refractivity contribution in [3.63, 3.8) is 0 Å². The lowest BCUT2D eigenvalue weighted by Gasteiger charge is -2.39. The van der Waals surface area contributed by atoms with Crippen LogP contribution in [0.5, 0.6) is 0 Å². The van der Waals surface area contributed by atoms with E-state index in [0.29, 0.717) is 0 Å². The fourth-order valence-electron chi connectivity index (χ4n) is 9.08. The van der Waals surface area contributed by atoms with E-state index in [9.17, 15) is 15.6 Å². The van der Waals surface area contributed by atoms with E-state index in [-0.39, 0.29) is 39.9 Å². The van der Waals surface area contributed by atoms with Crippen molar-refractivity contribution < 1.29 is 15.6 Å². The third kappa shape index (κ3) is 4.69. The number of hydroxylamine groups is 6. The Morgan fingerprint density at radius 1 is 0.476 bits per heavy atom. The molecule has 42 heavy (non-hydrogen) atoms. The maximum atomic E-state index is 11.3. The molecule has 2 aromatic carbocycles. The zero-order valence-electron chi connectivity index (χ0n) is 28.1. The van der Waals surface area contributed by atoms with Crippen LogP contribution in [-0.2, 0) is 0 Å². The summed E-state index contributed by atoms with van der Waals surface area (Å²) in [5.74, 6) is 0.497. The largest absolute Gasteiger partial charge is 0.313 e. The summed E-state index contributed by atoms with van der Waals surface area (Å²) in [4.78, 5) is 0. The molecule has 0 aromatic heterocycles. The second-order valence-corrected chi connectivity index (χ2v) is 17.1. The van der Waals surface area contributed by atoms with Crippen LogP contribution in [0.25, 0.3) is 11.1 Å². The van der Waals surface area contributed by atoms with Crippen molar-refractivity contribution in [3.8, 4) is 11.1 Å². The average Bonchev–Trinajstić information content (AvgIpc) is 3.26. The van der Waals surface area contributed by atoms with Crippen molar-refractivity contribution in [2.24, 2.45) is 0 Å².